The zero-order valence-electron chi connectivity index (χ0n) is 9.91. The summed E-state index contributed by atoms with van der Waals surface area (Å²) in [7, 11) is 0. The summed E-state index contributed by atoms with van der Waals surface area (Å²) in [4.78, 5) is 21.8. The Balaban J connectivity index is 2.54. The Labute approximate surface area is 113 Å². The van der Waals surface area contributed by atoms with Crippen molar-refractivity contribution in [2.75, 3.05) is 6.61 Å². The van der Waals surface area contributed by atoms with E-state index in [9.17, 15) is 10.1 Å². The van der Waals surface area contributed by atoms with E-state index < -0.39 is 4.92 Å². The molecule has 0 saturated carbocycles. The molecule has 0 aliphatic heterocycles. The normalized spacial score (nSPS) is 10.2. The van der Waals surface area contributed by atoms with Crippen molar-refractivity contribution in [2.45, 2.75) is 6.92 Å². The Morgan fingerprint density at radius 1 is 1.42 bits per heavy atom. The van der Waals surface area contributed by atoms with Gasteiger partial charge in [-0.25, -0.2) is 9.97 Å². The Morgan fingerprint density at radius 3 is 2.89 bits per heavy atom. The topological polar surface area (TPSA) is 91.0 Å². The molecule has 2 rings (SSSR count). The molecule has 0 radical (unpaired) electrons. The molecule has 2 aromatic heterocycles. The highest BCUT2D eigenvalue weighted by Gasteiger charge is 2.19. The number of pyridine rings is 1. The van der Waals surface area contributed by atoms with Crippen LogP contribution in [0.25, 0.3) is 11.3 Å². The van der Waals surface area contributed by atoms with Gasteiger partial charge in [-0.05, 0) is 24.6 Å². The summed E-state index contributed by atoms with van der Waals surface area (Å²) in [6.45, 7) is 2.30. The van der Waals surface area contributed by atoms with Gasteiger partial charge < -0.3 is 4.74 Å². The smallest absolute Gasteiger partial charge is 0.313 e. The minimum atomic E-state index is -0.570. The third-order valence-electron chi connectivity index (χ3n) is 2.23. The van der Waals surface area contributed by atoms with Crippen molar-refractivity contribution in [3.8, 4) is 17.0 Å². The first kappa shape index (κ1) is 13.2. The van der Waals surface area contributed by atoms with Gasteiger partial charge in [-0.2, -0.15) is 0 Å². The first-order valence-electron chi connectivity index (χ1n) is 5.37. The lowest BCUT2D eigenvalue weighted by Gasteiger charge is -2.05. The second-order valence-corrected chi connectivity index (χ2v) is 3.81. The minimum absolute atomic E-state index is 0.0672. The van der Waals surface area contributed by atoms with E-state index >= 15 is 0 Å². The molecule has 0 aliphatic rings. The van der Waals surface area contributed by atoms with Crippen molar-refractivity contribution >= 4 is 17.3 Å². The predicted octanol–water partition coefficient (Wildman–Crippen LogP) is 2.50. The highest BCUT2D eigenvalue weighted by molar-refractivity contribution is 6.28. The molecule has 0 bridgehead atoms. The zero-order valence-corrected chi connectivity index (χ0v) is 10.7. The monoisotopic (exact) mass is 280 g/mol. The molecule has 19 heavy (non-hydrogen) atoms. The summed E-state index contributed by atoms with van der Waals surface area (Å²) in [5.74, 6) is 0.504. The maximum absolute atomic E-state index is 10.9. The third-order valence-corrected chi connectivity index (χ3v) is 2.42. The van der Waals surface area contributed by atoms with Gasteiger partial charge in [0.2, 0.25) is 5.28 Å². The molecule has 98 valence electrons. The van der Waals surface area contributed by atoms with Gasteiger partial charge in [-0.15, -0.1) is 0 Å². The second-order valence-electron chi connectivity index (χ2n) is 3.47. The molecule has 0 N–H and O–H groups in total. The average molecular weight is 281 g/mol. The van der Waals surface area contributed by atoms with Gasteiger partial charge in [0, 0.05) is 11.8 Å². The van der Waals surface area contributed by atoms with Crippen molar-refractivity contribution in [1.82, 2.24) is 15.0 Å². The lowest BCUT2D eigenvalue weighted by molar-refractivity contribution is -0.384. The SMILES string of the molecule is CCOc1cncc(-c2nc(Cl)ncc2[N+](=O)[O-])c1. The quantitative estimate of drug-likeness (QED) is 0.485. The maximum atomic E-state index is 10.9. The molecule has 2 heterocycles. The van der Waals surface area contributed by atoms with Gasteiger partial charge in [0.15, 0.2) is 5.69 Å². The fraction of sp³-hybridized carbons (Fsp3) is 0.182. The van der Waals surface area contributed by atoms with Gasteiger partial charge in [0.1, 0.15) is 11.9 Å². The first-order chi connectivity index (χ1) is 9.11. The van der Waals surface area contributed by atoms with Crippen molar-refractivity contribution in [3.05, 3.63) is 40.1 Å². The van der Waals surface area contributed by atoms with Crippen LogP contribution in [0.3, 0.4) is 0 Å². The molecular formula is C11H9ClN4O3. The van der Waals surface area contributed by atoms with E-state index in [1.807, 2.05) is 6.92 Å². The van der Waals surface area contributed by atoms with Crippen LogP contribution in [0, 0.1) is 10.1 Å². The van der Waals surface area contributed by atoms with E-state index in [0.29, 0.717) is 17.9 Å². The number of hydrogen-bond donors (Lipinski definition) is 0. The Hall–Kier alpha value is -2.28. The van der Waals surface area contributed by atoms with Crippen LogP contribution in [-0.2, 0) is 0 Å². The fourth-order valence-electron chi connectivity index (χ4n) is 1.49. The molecule has 0 aromatic carbocycles. The van der Waals surface area contributed by atoms with Crippen LogP contribution in [0.15, 0.2) is 24.7 Å². The summed E-state index contributed by atoms with van der Waals surface area (Å²) in [6.07, 6.45) is 4.04. The molecule has 0 amide bonds. The number of nitro groups is 1. The first-order valence-corrected chi connectivity index (χ1v) is 5.74. The van der Waals surface area contributed by atoms with E-state index in [4.69, 9.17) is 16.3 Å². The van der Waals surface area contributed by atoms with Crippen molar-refractivity contribution in [2.24, 2.45) is 0 Å². The van der Waals surface area contributed by atoms with Gasteiger partial charge in [0.25, 0.3) is 0 Å². The maximum Gasteiger partial charge on any atom is 0.313 e. The van der Waals surface area contributed by atoms with Crippen molar-refractivity contribution < 1.29 is 9.66 Å². The molecule has 0 atom stereocenters. The zero-order chi connectivity index (χ0) is 13.8. The number of ether oxygens (including phenoxy) is 1. The Kier molecular flexibility index (Phi) is 3.86. The fourth-order valence-corrected chi connectivity index (χ4v) is 1.63. The Morgan fingerprint density at radius 2 is 2.21 bits per heavy atom. The average Bonchev–Trinajstić information content (AvgIpc) is 2.39. The van der Waals surface area contributed by atoms with Crippen LogP contribution in [0.5, 0.6) is 5.75 Å². The van der Waals surface area contributed by atoms with E-state index in [0.717, 1.165) is 6.20 Å². The highest BCUT2D eigenvalue weighted by atomic mass is 35.5. The molecule has 0 aliphatic carbocycles. The minimum Gasteiger partial charge on any atom is -0.492 e. The molecule has 7 nitrogen and oxygen atoms in total. The van der Waals surface area contributed by atoms with Gasteiger partial charge in [-0.1, -0.05) is 0 Å². The molecule has 0 fully saturated rings. The number of nitrogens with zero attached hydrogens (tertiary/aromatic N) is 4. The van der Waals surface area contributed by atoms with E-state index in [1.54, 1.807) is 6.07 Å². The summed E-state index contributed by atoms with van der Waals surface area (Å²) >= 11 is 5.68. The molecule has 2 aromatic rings. The van der Waals surface area contributed by atoms with E-state index in [1.165, 1.54) is 12.4 Å². The van der Waals surface area contributed by atoms with Crippen LogP contribution in [0.1, 0.15) is 6.92 Å². The van der Waals surface area contributed by atoms with E-state index in [2.05, 4.69) is 15.0 Å². The standard InChI is InChI=1S/C11H9ClN4O3/c1-2-19-8-3-7(4-13-5-8)10-9(16(17)18)6-14-11(12)15-10/h3-6H,2H2,1H3. The number of rotatable bonds is 4. The largest absolute Gasteiger partial charge is 0.492 e. The molecule has 0 saturated heterocycles. The second kappa shape index (κ2) is 5.57. The Bertz CT molecular complexity index is 621. The van der Waals surface area contributed by atoms with Crippen LogP contribution >= 0.6 is 11.6 Å². The molecule has 0 spiro atoms. The summed E-state index contributed by atoms with van der Waals surface area (Å²) in [6, 6.07) is 1.61. The number of hydrogen-bond acceptors (Lipinski definition) is 6. The van der Waals surface area contributed by atoms with E-state index in [-0.39, 0.29) is 16.7 Å². The van der Waals surface area contributed by atoms with Crippen LogP contribution in [-0.4, -0.2) is 26.5 Å². The lowest BCUT2D eigenvalue weighted by Crippen LogP contribution is -1.98. The van der Waals surface area contributed by atoms with Gasteiger partial charge in [-0.3, -0.25) is 15.1 Å². The van der Waals surface area contributed by atoms with Crippen molar-refractivity contribution in [1.29, 1.82) is 0 Å². The lowest BCUT2D eigenvalue weighted by atomic mass is 10.2. The number of aromatic nitrogens is 3. The predicted molar refractivity (Wildman–Crippen MR) is 68.1 cm³/mol. The summed E-state index contributed by atoms with van der Waals surface area (Å²) in [5, 5.41) is 10.9. The summed E-state index contributed by atoms with van der Waals surface area (Å²) in [5.41, 5.74) is 0.320. The summed E-state index contributed by atoms with van der Waals surface area (Å²) < 4.78 is 5.29. The van der Waals surface area contributed by atoms with Crippen molar-refractivity contribution in [3.63, 3.8) is 0 Å². The van der Waals surface area contributed by atoms with Crippen LogP contribution in [0.2, 0.25) is 5.28 Å². The van der Waals surface area contributed by atoms with Gasteiger partial charge >= 0.3 is 5.69 Å². The van der Waals surface area contributed by atoms with Crippen LogP contribution in [0.4, 0.5) is 5.69 Å². The highest BCUT2D eigenvalue weighted by Crippen LogP contribution is 2.29. The molecular weight excluding hydrogens is 272 g/mol. The third kappa shape index (κ3) is 2.94. The molecule has 0 unspecified atom stereocenters. The number of halogens is 1. The molecule has 8 heteroatoms. The van der Waals surface area contributed by atoms with Crippen LogP contribution < -0.4 is 4.74 Å². The van der Waals surface area contributed by atoms with Gasteiger partial charge in [0.05, 0.1) is 17.7 Å².